The number of thioether (sulfide) groups is 1. The molecular formula is C19H32N4S. The van der Waals surface area contributed by atoms with Gasteiger partial charge in [-0.3, -0.25) is 9.89 Å². The van der Waals surface area contributed by atoms with Crippen LogP contribution in [0.1, 0.15) is 36.8 Å². The highest BCUT2D eigenvalue weighted by molar-refractivity contribution is 7.98. The summed E-state index contributed by atoms with van der Waals surface area (Å²) in [6.45, 7) is 5.32. The lowest BCUT2D eigenvalue weighted by Crippen LogP contribution is -2.37. The molecule has 0 aliphatic carbocycles. The number of hydrogen-bond donors (Lipinski definition) is 2. The number of rotatable bonds is 7. The number of nitrogens with one attached hydrogen (secondary N) is 2. The van der Waals surface area contributed by atoms with Gasteiger partial charge < -0.3 is 10.6 Å². The Kier molecular flexibility index (Phi) is 9.06. The van der Waals surface area contributed by atoms with E-state index in [1.54, 1.807) is 0 Å². The lowest BCUT2D eigenvalue weighted by molar-refractivity contribution is 0.277. The van der Waals surface area contributed by atoms with Gasteiger partial charge in [0.15, 0.2) is 5.96 Å². The lowest BCUT2D eigenvalue weighted by Gasteiger charge is -2.20. The van der Waals surface area contributed by atoms with Gasteiger partial charge in [0.05, 0.1) is 0 Å². The van der Waals surface area contributed by atoms with Crippen molar-refractivity contribution >= 4 is 17.7 Å². The Labute approximate surface area is 151 Å². The summed E-state index contributed by atoms with van der Waals surface area (Å²) >= 11 is 1.84. The maximum atomic E-state index is 4.28. The Morgan fingerprint density at radius 2 is 1.88 bits per heavy atom. The molecule has 0 saturated carbocycles. The van der Waals surface area contributed by atoms with Crippen LogP contribution >= 0.6 is 11.8 Å². The Morgan fingerprint density at radius 3 is 2.58 bits per heavy atom. The van der Waals surface area contributed by atoms with Gasteiger partial charge in [0.2, 0.25) is 0 Å². The molecule has 2 N–H and O–H groups in total. The maximum absolute atomic E-state index is 4.28. The number of guanidine groups is 1. The van der Waals surface area contributed by atoms with Crippen LogP contribution in [-0.2, 0) is 13.1 Å². The van der Waals surface area contributed by atoms with E-state index in [1.807, 2.05) is 18.8 Å². The van der Waals surface area contributed by atoms with Crippen molar-refractivity contribution in [2.24, 2.45) is 4.99 Å². The summed E-state index contributed by atoms with van der Waals surface area (Å²) in [7, 11) is 1.82. The minimum Gasteiger partial charge on any atom is -0.356 e. The minimum absolute atomic E-state index is 0.812. The van der Waals surface area contributed by atoms with Gasteiger partial charge >= 0.3 is 0 Å². The molecule has 1 aliphatic heterocycles. The SMILES string of the molecule is CN=C(NCCSC)NCc1cccc(CN2CCCCCC2)c1. The van der Waals surface area contributed by atoms with Crippen molar-refractivity contribution in [3.8, 4) is 0 Å². The lowest BCUT2D eigenvalue weighted by atomic mass is 10.1. The van der Waals surface area contributed by atoms with Crippen molar-refractivity contribution in [1.29, 1.82) is 0 Å². The zero-order chi connectivity index (χ0) is 17.0. The van der Waals surface area contributed by atoms with E-state index in [2.05, 4.69) is 51.0 Å². The van der Waals surface area contributed by atoms with E-state index in [-0.39, 0.29) is 0 Å². The molecule has 0 aromatic heterocycles. The summed E-state index contributed by atoms with van der Waals surface area (Å²) in [5.41, 5.74) is 2.73. The first kappa shape index (κ1) is 19.1. The van der Waals surface area contributed by atoms with Crippen molar-refractivity contribution in [2.45, 2.75) is 38.8 Å². The maximum Gasteiger partial charge on any atom is 0.191 e. The van der Waals surface area contributed by atoms with E-state index < -0.39 is 0 Å². The molecule has 0 atom stereocenters. The molecule has 1 aromatic rings. The third-order valence-corrected chi connectivity index (χ3v) is 4.99. The van der Waals surface area contributed by atoms with E-state index in [4.69, 9.17) is 0 Å². The summed E-state index contributed by atoms with van der Waals surface area (Å²) in [4.78, 5) is 6.88. The van der Waals surface area contributed by atoms with Crippen molar-refractivity contribution in [3.63, 3.8) is 0 Å². The Morgan fingerprint density at radius 1 is 1.12 bits per heavy atom. The van der Waals surface area contributed by atoms with E-state index in [9.17, 15) is 0 Å². The normalized spacial score (nSPS) is 16.7. The number of benzene rings is 1. The van der Waals surface area contributed by atoms with Crippen LogP contribution in [-0.4, -0.2) is 49.6 Å². The van der Waals surface area contributed by atoms with Crippen molar-refractivity contribution in [2.75, 3.05) is 38.7 Å². The van der Waals surface area contributed by atoms with Gasteiger partial charge in [-0.25, -0.2) is 0 Å². The molecule has 1 fully saturated rings. The van der Waals surface area contributed by atoms with Gasteiger partial charge in [-0.05, 0) is 43.3 Å². The van der Waals surface area contributed by atoms with Gasteiger partial charge in [0, 0.05) is 32.4 Å². The molecule has 24 heavy (non-hydrogen) atoms. The fraction of sp³-hybridized carbons (Fsp3) is 0.632. The average molecular weight is 349 g/mol. The van der Waals surface area contributed by atoms with Crippen LogP contribution in [0.3, 0.4) is 0 Å². The highest BCUT2D eigenvalue weighted by Gasteiger charge is 2.09. The third-order valence-electron chi connectivity index (χ3n) is 4.38. The molecule has 0 amide bonds. The second-order valence-corrected chi connectivity index (χ2v) is 7.34. The van der Waals surface area contributed by atoms with Crippen LogP contribution < -0.4 is 10.6 Å². The summed E-state index contributed by atoms with van der Waals surface area (Å²) in [6.07, 6.45) is 7.60. The predicted molar refractivity (Wildman–Crippen MR) is 107 cm³/mol. The first-order chi connectivity index (χ1) is 11.8. The molecule has 2 rings (SSSR count). The highest BCUT2D eigenvalue weighted by atomic mass is 32.2. The first-order valence-electron chi connectivity index (χ1n) is 9.05. The summed E-state index contributed by atoms with van der Waals surface area (Å²) in [5, 5.41) is 6.74. The van der Waals surface area contributed by atoms with Crippen LogP contribution in [0.25, 0.3) is 0 Å². The topological polar surface area (TPSA) is 39.7 Å². The predicted octanol–water partition coefficient (Wildman–Crippen LogP) is 3.09. The quantitative estimate of drug-likeness (QED) is 0.451. The van der Waals surface area contributed by atoms with Crippen molar-refractivity contribution < 1.29 is 0 Å². The van der Waals surface area contributed by atoms with E-state index in [1.165, 1.54) is 49.9 Å². The van der Waals surface area contributed by atoms with Crippen LogP contribution in [0.4, 0.5) is 0 Å². The van der Waals surface area contributed by atoms with Gasteiger partial charge in [-0.1, -0.05) is 37.1 Å². The molecule has 4 nitrogen and oxygen atoms in total. The molecule has 134 valence electrons. The van der Waals surface area contributed by atoms with Crippen LogP contribution in [0.2, 0.25) is 0 Å². The Hall–Kier alpha value is -1.20. The molecule has 0 radical (unpaired) electrons. The molecule has 0 unspecified atom stereocenters. The molecule has 1 aromatic carbocycles. The fourth-order valence-corrected chi connectivity index (χ4v) is 3.37. The van der Waals surface area contributed by atoms with Crippen molar-refractivity contribution in [3.05, 3.63) is 35.4 Å². The summed E-state index contributed by atoms with van der Waals surface area (Å²) in [6, 6.07) is 8.94. The Bertz CT molecular complexity index is 496. The molecule has 1 aliphatic rings. The molecular weight excluding hydrogens is 316 g/mol. The first-order valence-corrected chi connectivity index (χ1v) is 10.4. The third kappa shape index (κ3) is 7.14. The van der Waals surface area contributed by atoms with Crippen LogP contribution in [0.5, 0.6) is 0 Å². The van der Waals surface area contributed by atoms with Gasteiger partial charge in [0.25, 0.3) is 0 Å². The molecule has 0 bridgehead atoms. The monoisotopic (exact) mass is 348 g/mol. The molecule has 1 saturated heterocycles. The zero-order valence-corrected chi connectivity index (χ0v) is 16.0. The molecule has 5 heteroatoms. The standard InChI is InChI=1S/C19H32N4S/c1-20-19(21-10-13-24-2)22-15-17-8-7-9-18(14-17)16-23-11-5-3-4-6-12-23/h7-9,14H,3-6,10-13,15-16H2,1-2H3,(H2,20,21,22). The Balaban J connectivity index is 1.83. The van der Waals surface area contributed by atoms with E-state index in [0.717, 1.165) is 31.3 Å². The number of hydrogen-bond acceptors (Lipinski definition) is 3. The molecule has 1 heterocycles. The largest absolute Gasteiger partial charge is 0.356 e. The smallest absolute Gasteiger partial charge is 0.191 e. The highest BCUT2D eigenvalue weighted by Crippen LogP contribution is 2.14. The van der Waals surface area contributed by atoms with Gasteiger partial charge in [-0.2, -0.15) is 11.8 Å². The van der Waals surface area contributed by atoms with E-state index >= 15 is 0 Å². The summed E-state index contributed by atoms with van der Waals surface area (Å²) in [5.74, 6) is 1.97. The van der Waals surface area contributed by atoms with Crippen molar-refractivity contribution in [1.82, 2.24) is 15.5 Å². The second-order valence-electron chi connectivity index (χ2n) is 6.36. The fourth-order valence-electron chi connectivity index (χ4n) is 3.07. The average Bonchev–Trinajstić information content (AvgIpc) is 2.87. The second kappa shape index (κ2) is 11.4. The van der Waals surface area contributed by atoms with Crippen LogP contribution in [0.15, 0.2) is 29.3 Å². The summed E-state index contributed by atoms with van der Waals surface area (Å²) < 4.78 is 0. The number of aliphatic imine (C=N–C) groups is 1. The number of nitrogens with zero attached hydrogens (tertiary/aromatic N) is 2. The van der Waals surface area contributed by atoms with Gasteiger partial charge in [-0.15, -0.1) is 0 Å². The minimum atomic E-state index is 0.812. The van der Waals surface area contributed by atoms with Crippen LogP contribution in [0, 0.1) is 0 Å². The van der Waals surface area contributed by atoms with Gasteiger partial charge in [0.1, 0.15) is 0 Å². The zero-order valence-electron chi connectivity index (χ0n) is 15.2. The molecule has 0 spiro atoms. The number of likely N-dealkylation sites (tertiary alicyclic amines) is 1. The van der Waals surface area contributed by atoms with E-state index in [0.29, 0.717) is 0 Å².